The van der Waals surface area contributed by atoms with Crippen LogP contribution in [0.1, 0.15) is 43.2 Å². The van der Waals surface area contributed by atoms with Gasteiger partial charge in [0.15, 0.2) is 23.3 Å². The molecule has 30 heavy (non-hydrogen) atoms. The van der Waals surface area contributed by atoms with Gasteiger partial charge in [0.2, 0.25) is 11.7 Å². The van der Waals surface area contributed by atoms with E-state index in [4.69, 9.17) is 0 Å². The van der Waals surface area contributed by atoms with Gasteiger partial charge in [-0.3, -0.25) is 9.69 Å². The van der Waals surface area contributed by atoms with Crippen LogP contribution in [0, 0.1) is 29.1 Å². The molecule has 0 radical (unpaired) electrons. The quantitative estimate of drug-likeness (QED) is 0.385. The van der Waals surface area contributed by atoms with Crippen LogP contribution in [0.5, 0.6) is 0 Å². The molecular formula is C22H23F5N2O. The van der Waals surface area contributed by atoms with E-state index in [9.17, 15) is 26.7 Å². The molecular weight excluding hydrogens is 403 g/mol. The molecule has 3 rings (SSSR count). The van der Waals surface area contributed by atoms with Gasteiger partial charge in [-0.25, -0.2) is 22.0 Å². The number of anilines is 1. The molecule has 1 N–H and O–H groups in total. The molecule has 3 nitrogen and oxygen atoms in total. The summed E-state index contributed by atoms with van der Waals surface area (Å²) in [5, 5.41) is 2.54. The molecule has 0 atom stereocenters. The summed E-state index contributed by atoms with van der Waals surface area (Å²) in [6.45, 7) is 0.559. The van der Waals surface area contributed by atoms with Crippen molar-refractivity contribution < 1.29 is 26.7 Å². The average Bonchev–Trinajstić information content (AvgIpc) is 2.76. The second kappa shape index (κ2) is 9.55. The van der Waals surface area contributed by atoms with Crippen molar-refractivity contribution in [3.05, 3.63) is 64.5 Å². The maximum absolute atomic E-state index is 13.9. The van der Waals surface area contributed by atoms with Gasteiger partial charge < -0.3 is 5.32 Å². The number of para-hydroxylation sites is 1. The van der Waals surface area contributed by atoms with Crippen molar-refractivity contribution in [2.45, 2.75) is 51.1 Å². The average molecular weight is 426 g/mol. The molecule has 2 aromatic carbocycles. The molecule has 1 fully saturated rings. The number of hydrogen-bond donors (Lipinski definition) is 1. The first kappa shape index (κ1) is 22.2. The normalized spacial score (nSPS) is 14.9. The van der Waals surface area contributed by atoms with E-state index in [-0.39, 0.29) is 0 Å². The molecule has 0 unspecified atom stereocenters. The Morgan fingerprint density at radius 2 is 1.50 bits per heavy atom. The number of hydrogen-bond acceptors (Lipinski definition) is 2. The number of halogens is 5. The highest BCUT2D eigenvalue weighted by Gasteiger charge is 2.27. The fraction of sp³-hybridized carbons (Fsp3) is 0.409. The fourth-order valence-electron chi connectivity index (χ4n) is 3.86. The standard InChI is InChI=1S/C22H23F5N2O/c1-29(14-8-3-2-4-9-14)12-13-7-5-6-10-16(13)28-17(30)11-15-18(23)20(25)22(27)21(26)19(15)24/h5-7,10,14H,2-4,8-9,11-12H2,1H3,(H,28,30). The van der Waals surface area contributed by atoms with Gasteiger partial charge in [0, 0.05) is 23.8 Å². The predicted molar refractivity (Wildman–Crippen MR) is 103 cm³/mol. The molecule has 0 heterocycles. The minimum atomic E-state index is -2.25. The summed E-state index contributed by atoms with van der Waals surface area (Å²) in [6.07, 6.45) is 4.81. The second-order valence-electron chi connectivity index (χ2n) is 7.64. The smallest absolute Gasteiger partial charge is 0.229 e. The van der Waals surface area contributed by atoms with Crippen LogP contribution in [-0.2, 0) is 17.8 Å². The van der Waals surface area contributed by atoms with Gasteiger partial charge in [0.25, 0.3) is 0 Å². The molecule has 0 saturated heterocycles. The summed E-state index contributed by atoms with van der Waals surface area (Å²) >= 11 is 0. The molecule has 1 aliphatic carbocycles. The van der Waals surface area contributed by atoms with Crippen LogP contribution < -0.4 is 5.32 Å². The Morgan fingerprint density at radius 3 is 2.13 bits per heavy atom. The Bertz CT molecular complexity index is 899. The number of rotatable bonds is 6. The van der Waals surface area contributed by atoms with Crippen LogP contribution in [0.3, 0.4) is 0 Å². The Hall–Kier alpha value is -2.48. The number of nitrogens with zero attached hydrogens (tertiary/aromatic N) is 1. The number of carbonyl (C=O) groups is 1. The van der Waals surface area contributed by atoms with E-state index in [1.807, 2.05) is 19.2 Å². The molecule has 0 bridgehead atoms. The molecule has 1 amide bonds. The second-order valence-corrected chi connectivity index (χ2v) is 7.64. The summed E-state index contributed by atoms with van der Waals surface area (Å²) in [5.41, 5.74) is 0.0890. The summed E-state index contributed by atoms with van der Waals surface area (Å²) < 4.78 is 67.6. The van der Waals surface area contributed by atoms with E-state index in [0.717, 1.165) is 18.4 Å². The molecule has 0 spiro atoms. The SMILES string of the molecule is CN(Cc1ccccc1NC(=O)Cc1c(F)c(F)c(F)c(F)c1F)C1CCCCC1. The first-order valence-electron chi connectivity index (χ1n) is 9.88. The van der Waals surface area contributed by atoms with Crippen molar-refractivity contribution in [3.63, 3.8) is 0 Å². The van der Waals surface area contributed by atoms with E-state index < -0.39 is 47.0 Å². The zero-order valence-corrected chi connectivity index (χ0v) is 16.6. The third kappa shape index (κ3) is 4.80. The summed E-state index contributed by atoms with van der Waals surface area (Å²) in [4.78, 5) is 14.5. The highest BCUT2D eigenvalue weighted by Crippen LogP contribution is 2.26. The van der Waals surface area contributed by atoms with Crippen molar-refractivity contribution >= 4 is 11.6 Å². The third-order valence-electron chi connectivity index (χ3n) is 5.55. The topological polar surface area (TPSA) is 32.3 Å². The Balaban J connectivity index is 1.74. The van der Waals surface area contributed by atoms with Gasteiger partial charge in [0.05, 0.1) is 6.42 Å². The maximum Gasteiger partial charge on any atom is 0.229 e. The molecule has 1 aliphatic rings. The van der Waals surface area contributed by atoms with Crippen LogP contribution in [0.25, 0.3) is 0 Å². The summed E-state index contributed by atoms with van der Waals surface area (Å²) in [6, 6.07) is 7.41. The van der Waals surface area contributed by atoms with Crippen LogP contribution in [0.4, 0.5) is 27.6 Å². The van der Waals surface area contributed by atoms with Crippen LogP contribution >= 0.6 is 0 Å². The number of amides is 1. The van der Waals surface area contributed by atoms with E-state index in [1.54, 1.807) is 12.1 Å². The molecule has 0 aromatic heterocycles. The highest BCUT2D eigenvalue weighted by molar-refractivity contribution is 5.93. The van der Waals surface area contributed by atoms with Gasteiger partial charge in [0.1, 0.15) is 0 Å². The Kier molecular flexibility index (Phi) is 7.07. The van der Waals surface area contributed by atoms with Gasteiger partial charge in [-0.05, 0) is 31.5 Å². The monoisotopic (exact) mass is 426 g/mol. The van der Waals surface area contributed by atoms with Crippen LogP contribution in [0.15, 0.2) is 24.3 Å². The lowest BCUT2D eigenvalue weighted by atomic mass is 9.94. The first-order valence-corrected chi connectivity index (χ1v) is 9.88. The zero-order valence-electron chi connectivity index (χ0n) is 16.6. The lowest BCUT2D eigenvalue weighted by Gasteiger charge is -2.31. The molecule has 0 aliphatic heterocycles. The predicted octanol–water partition coefficient (Wildman–Crippen LogP) is 5.33. The lowest BCUT2D eigenvalue weighted by molar-refractivity contribution is -0.115. The van der Waals surface area contributed by atoms with Gasteiger partial charge in [-0.1, -0.05) is 37.5 Å². The van der Waals surface area contributed by atoms with Crippen molar-refractivity contribution in [2.24, 2.45) is 0 Å². The number of nitrogens with one attached hydrogen (secondary N) is 1. The van der Waals surface area contributed by atoms with E-state index in [2.05, 4.69) is 10.2 Å². The van der Waals surface area contributed by atoms with Crippen molar-refractivity contribution in [1.82, 2.24) is 4.90 Å². The van der Waals surface area contributed by atoms with Gasteiger partial charge >= 0.3 is 0 Å². The third-order valence-corrected chi connectivity index (χ3v) is 5.55. The number of benzene rings is 2. The highest BCUT2D eigenvalue weighted by atomic mass is 19.2. The Labute approximate surface area is 171 Å². The summed E-state index contributed by atoms with van der Waals surface area (Å²) in [5.74, 6) is -11.2. The van der Waals surface area contributed by atoms with Crippen molar-refractivity contribution in [2.75, 3.05) is 12.4 Å². The molecule has 1 saturated carbocycles. The van der Waals surface area contributed by atoms with Crippen molar-refractivity contribution in [1.29, 1.82) is 0 Å². The minimum Gasteiger partial charge on any atom is -0.325 e. The molecule has 8 heteroatoms. The minimum absolute atomic E-state index is 0.439. The van der Waals surface area contributed by atoms with E-state index in [0.29, 0.717) is 18.3 Å². The Morgan fingerprint density at radius 1 is 0.933 bits per heavy atom. The summed E-state index contributed by atoms with van der Waals surface area (Å²) in [7, 11) is 2.00. The van der Waals surface area contributed by atoms with E-state index in [1.165, 1.54) is 19.3 Å². The molecule has 162 valence electrons. The van der Waals surface area contributed by atoms with Crippen LogP contribution in [0.2, 0.25) is 0 Å². The number of carbonyl (C=O) groups excluding carboxylic acids is 1. The zero-order chi connectivity index (χ0) is 21.8. The fourth-order valence-corrected chi connectivity index (χ4v) is 3.86. The van der Waals surface area contributed by atoms with Crippen LogP contribution in [-0.4, -0.2) is 23.9 Å². The van der Waals surface area contributed by atoms with Gasteiger partial charge in [-0.15, -0.1) is 0 Å². The first-order chi connectivity index (χ1) is 14.3. The largest absolute Gasteiger partial charge is 0.325 e. The molecule has 2 aromatic rings. The van der Waals surface area contributed by atoms with Gasteiger partial charge in [-0.2, -0.15) is 0 Å². The maximum atomic E-state index is 13.9. The van der Waals surface area contributed by atoms with E-state index >= 15 is 0 Å². The lowest BCUT2D eigenvalue weighted by Crippen LogP contribution is -2.33. The van der Waals surface area contributed by atoms with Crippen molar-refractivity contribution in [3.8, 4) is 0 Å².